The van der Waals surface area contributed by atoms with Gasteiger partial charge in [-0.25, -0.2) is 13.1 Å². The fourth-order valence-electron chi connectivity index (χ4n) is 1.82. The first-order chi connectivity index (χ1) is 9.76. The standard InChI is InChI=1S/C14H18N2O4S/c1-10(3-6-14(17)18)9-16-21(19,20)13-5-4-12(8-15)7-11(13)2/h4-5,7,10,16H,3,6,9H2,1-2H3,(H,17,18). The van der Waals surface area contributed by atoms with Crippen LogP contribution in [0.15, 0.2) is 23.1 Å². The summed E-state index contributed by atoms with van der Waals surface area (Å²) in [6.07, 6.45) is 0.420. The average molecular weight is 310 g/mol. The van der Waals surface area contributed by atoms with Crippen LogP contribution in [-0.4, -0.2) is 26.0 Å². The lowest BCUT2D eigenvalue weighted by Gasteiger charge is -2.13. The zero-order chi connectivity index (χ0) is 16.0. The highest BCUT2D eigenvalue weighted by Gasteiger charge is 2.18. The predicted molar refractivity (Wildman–Crippen MR) is 77.1 cm³/mol. The summed E-state index contributed by atoms with van der Waals surface area (Å²) in [5.74, 6) is -0.970. The predicted octanol–water partition coefficient (Wildman–Crippen LogP) is 1.65. The van der Waals surface area contributed by atoms with Gasteiger partial charge in [0.05, 0.1) is 16.5 Å². The number of nitrogens with one attached hydrogen (secondary N) is 1. The van der Waals surface area contributed by atoms with E-state index in [9.17, 15) is 13.2 Å². The molecule has 6 nitrogen and oxygen atoms in total. The van der Waals surface area contributed by atoms with E-state index in [-0.39, 0.29) is 23.8 Å². The highest BCUT2D eigenvalue weighted by molar-refractivity contribution is 7.89. The molecule has 0 spiro atoms. The van der Waals surface area contributed by atoms with Crippen molar-refractivity contribution in [2.45, 2.75) is 31.6 Å². The second-order valence-corrected chi connectivity index (χ2v) is 6.72. The van der Waals surface area contributed by atoms with Crippen LogP contribution in [0.2, 0.25) is 0 Å². The molecule has 0 aromatic heterocycles. The molecule has 0 aliphatic heterocycles. The van der Waals surface area contributed by atoms with Gasteiger partial charge >= 0.3 is 5.97 Å². The van der Waals surface area contributed by atoms with Gasteiger partial charge in [-0.3, -0.25) is 4.79 Å². The van der Waals surface area contributed by atoms with E-state index in [2.05, 4.69) is 4.72 Å². The molecule has 0 amide bonds. The monoisotopic (exact) mass is 310 g/mol. The summed E-state index contributed by atoms with van der Waals surface area (Å²) in [6.45, 7) is 3.59. The number of hydrogen-bond donors (Lipinski definition) is 2. The molecule has 1 rings (SSSR count). The average Bonchev–Trinajstić information content (AvgIpc) is 2.42. The molecule has 1 unspecified atom stereocenters. The Morgan fingerprint density at radius 2 is 2.14 bits per heavy atom. The highest BCUT2D eigenvalue weighted by atomic mass is 32.2. The SMILES string of the molecule is Cc1cc(C#N)ccc1S(=O)(=O)NCC(C)CCC(=O)O. The molecule has 0 saturated carbocycles. The third kappa shape index (κ3) is 5.17. The van der Waals surface area contributed by atoms with Crippen molar-refractivity contribution in [2.24, 2.45) is 5.92 Å². The van der Waals surface area contributed by atoms with Gasteiger partial charge in [0, 0.05) is 13.0 Å². The third-order valence-corrected chi connectivity index (χ3v) is 4.65. The Morgan fingerprint density at radius 3 is 2.67 bits per heavy atom. The van der Waals surface area contributed by atoms with Crippen LogP contribution in [0.4, 0.5) is 0 Å². The summed E-state index contributed by atoms with van der Waals surface area (Å²) in [5, 5.41) is 17.4. The first kappa shape index (κ1) is 17.1. The quantitative estimate of drug-likeness (QED) is 0.796. The number of benzene rings is 1. The fourth-order valence-corrected chi connectivity index (χ4v) is 3.21. The minimum absolute atomic E-state index is 0.0127. The molecule has 0 aliphatic rings. The van der Waals surface area contributed by atoms with E-state index in [1.165, 1.54) is 18.2 Å². The zero-order valence-corrected chi connectivity index (χ0v) is 12.8. The van der Waals surface area contributed by atoms with Crippen molar-refractivity contribution in [1.82, 2.24) is 4.72 Å². The number of carboxylic acids is 1. The highest BCUT2D eigenvalue weighted by Crippen LogP contribution is 2.17. The Labute approximate surface area is 124 Å². The second-order valence-electron chi connectivity index (χ2n) is 4.98. The number of rotatable bonds is 7. The molecular formula is C14H18N2O4S. The number of aliphatic carboxylic acids is 1. The van der Waals surface area contributed by atoms with Gasteiger partial charge in [-0.05, 0) is 43.0 Å². The summed E-state index contributed by atoms with van der Waals surface area (Å²) >= 11 is 0. The van der Waals surface area contributed by atoms with Gasteiger partial charge in [-0.2, -0.15) is 5.26 Å². The molecule has 0 bridgehead atoms. The smallest absolute Gasteiger partial charge is 0.303 e. The Bertz CT molecular complexity index is 662. The first-order valence-electron chi connectivity index (χ1n) is 6.48. The van der Waals surface area contributed by atoms with Crippen molar-refractivity contribution in [3.8, 4) is 6.07 Å². The lowest BCUT2D eigenvalue weighted by Crippen LogP contribution is -2.29. The summed E-state index contributed by atoms with van der Waals surface area (Å²) in [6, 6.07) is 6.32. The lowest BCUT2D eigenvalue weighted by atomic mass is 10.1. The molecule has 1 aromatic rings. The van der Waals surface area contributed by atoms with Gasteiger partial charge in [0.2, 0.25) is 10.0 Å². The summed E-state index contributed by atoms with van der Waals surface area (Å²) in [5.41, 5.74) is 0.904. The Morgan fingerprint density at radius 1 is 1.48 bits per heavy atom. The van der Waals surface area contributed by atoms with Crippen LogP contribution >= 0.6 is 0 Å². The van der Waals surface area contributed by atoms with Crippen molar-refractivity contribution in [3.63, 3.8) is 0 Å². The van der Waals surface area contributed by atoms with E-state index in [0.29, 0.717) is 17.5 Å². The molecule has 21 heavy (non-hydrogen) atoms. The van der Waals surface area contributed by atoms with Gasteiger partial charge < -0.3 is 5.11 Å². The number of nitrogens with zero attached hydrogens (tertiary/aromatic N) is 1. The van der Waals surface area contributed by atoms with Crippen molar-refractivity contribution in [2.75, 3.05) is 6.54 Å². The molecule has 0 heterocycles. The number of carboxylic acid groups (broad SMARTS) is 1. The molecule has 1 atom stereocenters. The first-order valence-corrected chi connectivity index (χ1v) is 7.97. The van der Waals surface area contributed by atoms with Crippen molar-refractivity contribution in [3.05, 3.63) is 29.3 Å². The van der Waals surface area contributed by atoms with E-state index in [1.54, 1.807) is 13.8 Å². The van der Waals surface area contributed by atoms with Crippen LogP contribution in [0, 0.1) is 24.2 Å². The third-order valence-electron chi connectivity index (χ3n) is 3.07. The minimum atomic E-state index is -3.66. The van der Waals surface area contributed by atoms with Crippen LogP contribution in [0.3, 0.4) is 0 Å². The van der Waals surface area contributed by atoms with E-state index < -0.39 is 16.0 Å². The second kappa shape index (κ2) is 7.20. The molecule has 0 radical (unpaired) electrons. The number of carbonyl (C=O) groups is 1. The van der Waals surface area contributed by atoms with Crippen LogP contribution in [0.1, 0.15) is 30.9 Å². The number of hydrogen-bond acceptors (Lipinski definition) is 4. The van der Waals surface area contributed by atoms with Crippen molar-refractivity contribution >= 4 is 16.0 Å². The minimum Gasteiger partial charge on any atom is -0.481 e. The number of nitriles is 1. The molecule has 114 valence electrons. The van der Waals surface area contributed by atoms with E-state index in [1.807, 2.05) is 6.07 Å². The normalized spacial score (nSPS) is 12.6. The maximum Gasteiger partial charge on any atom is 0.303 e. The topological polar surface area (TPSA) is 107 Å². The fraction of sp³-hybridized carbons (Fsp3) is 0.429. The van der Waals surface area contributed by atoms with E-state index in [4.69, 9.17) is 10.4 Å². The number of sulfonamides is 1. The molecule has 2 N–H and O–H groups in total. The maximum atomic E-state index is 12.2. The Kier molecular flexibility index (Phi) is 5.88. The molecule has 1 aromatic carbocycles. The van der Waals surface area contributed by atoms with Gasteiger partial charge in [-0.1, -0.05) is 6.92 Å². The van der Waals surface area contributed by atoms with Crippen LogP contribution in [0.25, 0.3) is 0 Å². The van der Waals surface area contributed by atoms with E-state index >= 15 is 0 Å². The Hall–Kier alpha value is -1.91. The summed E-state index contributed by atoms with van der Waals surface area (Å²) < 4.78 is 26.8. The van der Waals surface area contributed by atoms with Crippen molar-refractivity contribution < 1.29 is 18.3 Å². The molecule has 0 saturated heterocycles. The molecule has 0 aliphatic carbocycles. The van der Waals surface area contributed by atoms with Crippen LogP contribution < -0.4 is 4.72 Å². The summed E-state index contributed by atoms with van der Waals surface area (Å²) in [4.78, 5) is 10.6. The lowest BCUT2D eigenvalue weighted by molar-refractivity contribution is -0.137. The maximum absolute atomic E-state index is 12.2. The van der Waals surface area contributed by atoms with Gasteiger partial charge in [0.25, 0.3) is 0 Å². The molecule has 7 heteroatoms. The van der Waals surface area contributed by atoms with Gasteiger partial charge in [0.1, 0.15) is 0 Å². The Balaban J connectivity index is 2.74. The van der Waals surface area contributed by atoms with Crippen LogP contribution in [0.5, 0.6) is 0 Å². The van der Waals surface area contributed by atoms with E-state index in [0.717, 1.165) is 0 Å². The van der Waals surface area contributed by atoms with Gasteiger partial charge in [0.15, 0.2) is 0 Å². The zero-order valence-electron chi connectivity index (χ0n) is 12.0. The summed E-state index contributed by atoms with van der Waals surface area (Å²) in [7, 11) is -3.66. The number of aryl methyl sites for hydroxylation is 1. The molecule has 0 fully saturated rings. The van der Waals surface area contributed by atoms with Gasteiger partial charge in [-0.15, -0.1) is 0 Å². The van der Waals surface area contributed by atoms with Crippen molar-refractivity contribution in [1.29, 1.82) is 5.26 Å². The van der Waals surface area contributed by atoms with Crippen LogP contribution in [-0.2, 0) is 14.8 Å². The molecular weight excluding hydrogens is 292 g/mol. The largest absolute Gasteiger partial charge is 0.481 e.